The number of nitrogens with zero attached hydrogens (tertiary/aromatic N) is 6. The van der Waals surface area contributed by atoms with Gasteiger partial charge >= 0.3 is 19.3 Å². The molecule has 3 fully saturated rings. The van der Waals surface area contributed by atoms with Gasteiger partial charge in [-0.3, -0.25) is 19.4 Å². The number of aromatic nitrogens is 4. The number of fused-ring (bicyclic) bond motifs is 2. The number of aryl methyl sites for hydroxylation is 2. The molecule has 11 rings (SSSR count). The molecule has 2 atom stereocenters. The van der Waals surface area contributed by atoms with Crippen molar-refractivity contribution in [2.75, 3.05) is 39.3 Å². The lowest BCUT2D eigenvalue weighted by Crippen LogP contribution is -2.41. The normalized spacial score (nSPS) is 16.5. The zero-order chi connectivity index (χ0) is 66.6. The van der Waals surface area contributed by atoms with Crippen molar-refractivity contribution >= 4 is 101 Å². The molecule has 3 saturated heterocycles. The van der Waals surface area contributed by atoms with Crippen molar-refractivity contribution < 1.29 is 38.0 Å². The first-order chi connectivity index (χ1) is 43.5. The Morgan fingerprint density at radius 3 is 1.36 bits per heavy atom. The van der Waals surface area contributed by atoms with E-state index in [1.165, 1.54) is 0 Å². The quantitative estimate of drug-likeness (QED) is 0.112. The molecule has 8 aromatic rings. The number of benzene rings is 6. The summed E-state index contributed by atoms with van der Waals surface area (Å²) in [5.41, 5.74) is 8.81. The number of likely N-dealkylation sites (tertiary alicyclic amines) is 2. The Morgan fingerprint density at radius 1 is 0.553 bits per heavy atom. The predicted octanol–water partition coefficient (Wildman–Crippen LogP) is 16.8. The Kier molecular flexibility index (Phi) is 24.3. The molecule has 5 heterocycles. The summed E-state index contributed by atoms with van der Waals surface area (Å²) < 4.78 is 24.6. The van der Waals surface area contributed by atoms with Gasteiger partial charge in [0.15, 0.2) is 0 Å². The molecule has 3 aliphatic rings. The summed E-state index contributed by atoms with van der Waals surface area (Å²) in [6.07, 6.45) is 6.69. The molecule has 94 heavy (non-hydrogen) atoms. The minimum absolute atomic E-state index is 0. The highest BCUT2D eigenvalue weighted by Gasteiger charge is 2.52. The first-order valence-electron chi connectivity index (χ1n) is 32.5. The average Bonchev–Trinajstić information content (AvgIpc) is 1.57. The zero-order valence-corrected chi connectivity index (χ0v) is 61.3. The number of imidazole rings is 2. The van der Waals surface area contributed by atoms with Gasteiger partial charge in [0, 0.05) is 66.0 Å². The largest absolute Gasteiger partial charge is 0.494 e. The second kappa shape index (κ2) is 30.8. The summed E-state index contributed by atoms with van der Waals surface area (Å²) in [6.45, 7) is 35.8. The highest BCUT2D eigenvalue weighted by atomic mass is 79.9. The fraction of sp³-hybridized carbons (Fsp3) is 0.432. The molecule has 0 saturated carbocycles. The molecule has 0 spiro atoms. The average molecular weight is 1380 g/mol. The Hall–Kier alpha value is -7.10. The maximum absolute atomic E-state index is 13.1. The molecule has 20 heteroatoms. The number of hydrogen-bond acceptors (Lipinski definition) is 10. The number of carbonyl (C=O) groups is 4. The molecular weight excluding hydrogens is 1280 g/mol. The Bertz CT molecular complexity index is 3970. The van der Waals surface area contributed by atoms with E-state index in [1.54, 1.807) is 9.80 Å². The lowest BCUT2D eigenvalue weighted by atomic mass is 9.78. The van der Waals surface area contributed by atoms with E-state index in [-0.39, 0.29) is 81.4 Å². The van der Waals surface area contributed by atoms with Crippen LogP contribution in [-0.2, 0) is 18.8 Å². The minimum atomic E-state index is -0.534. The van der Waals surface area contributed by atoms with E-state index in [9.17, 15) is 19.2 Å². The van der Waals surface area contributed by atoms with Crippen molar-refractivity contribution in [3.05, 3.63) is 160 Å². The van der Waals surface area contributed by atoms with Crippen LogP contribution in [0.15, 0.2) is 126 Å². The van der Waals surface area contributed by atoms with Gasteiger partial charge in [0.2, 0.25) is 0 Å². The first kappa shape index (κ1) is 74.3. The van der Waals surface area contributed by atoms with Crippen molar-refractivity contribution in [3.63, 3.8) is 0 Å². The number of carbonyl (C=O) groups excluding carboxylic acids is 4. The summed E-state index contributed by atoms with van der Waals surface area (Å²) in [4.78, 5) is 74.1. The maximum atomic E-state index is 13.1. The molecule has 3 aliphatic heterocycles. The Balaban J connectivity index is 0.000000216. The van der Waals surface area contributed by atoms with Crippen molar-refractivity contribution in [1.29, 1.82) is 0 Å². The predicted molar refractivity (Wildman–Crippen MR) is 393 cm³/mol. The van der Waals surface area contributed by atoms with E-state index in [2.05, 4.69) is 142 Å². The molecule has 502 valence electrons. The maximum Gasteiger partial charge on any atom is 0.494 e. The third-order valence-electron chi connectivity index (χ3n) is 17.8. The van der Waals surface area contributed by atoms with E-state index in [4.69, 9.17) is 18.8 Å². The summed E-state index contributed by atoms with van der Waals surface area (Å²) in [6, 6.07) is 37.2. The summed E-state index contributed by atoms with van der Waals surface area (Å²) >= 11 is 3.39. The zero-order valence-electron chi connectivity index (χ0n) is 57.7. The molecule has 0 aliphatic carbocycles. The topological polar surface area (TPSA) is 176 Å². The summed E-state index contributed by atoms with van der Waals surface area (Å²) in [5, 5.41) is 4.48. The van der Waals surface area contributed by atoms with Crippen molar-refractivity contribution in [2.24, 2.45) is 0 Å². The van der Waals surface area contributed by atoms with Crippen LogP contribution in [0.2, 0.25) is 0 Å². The van der Waals surface area contributed by atoms with Crippen LogP contribution in [0.3, 0.4) is 0 Å². The second-order valence-electron chi connectivity index (χ2n) is 27.2. The third-order valence-corrected chi connectivity index (χ3v) is 18.3. The van der Waals surface area contributed by atoms with Gasteiger partial charge < -0.3 is 38.6 Å². The number of H-pyrrole nitrogens is 2. The highest BCUT2D eigenvalue weighted by Crippen LogP contribution is 2.39. The van der Waals surface area contributed by atoms with Gasteiger partial charge in [-0.1, -0.05) is 88.7 Å². The van der Waals surface area contributed by atoms with Gasteiger partial charge in [-0.25, -0.2) is 19.6 Å². The number of hydrogen-bond donors (Lipinski definition) is 2. The van der Waals surface area contributed by atoms with E-state index in [0.29, 0.717) is 26.2 Å². The molecule has 2 aromatic heterocycles. The van der Waals surface area contributed by atoms with Crippen molar-refractivity contribution in [3.8, 4) is 33.6 Å². The summed E-state index contributed by atoms with van der Waals surface area (Å²) in [5.74, 6) is 1.77. The van der Waals surface area contributed by atoms with Gasteiger partial charge in [-0.05, 0) is 222 Å². The minimum Gasteiger partial charge on any atom is -0.444 e. The molecule has 0 radical (unpaired) electrons. The lowest BCUT2D eigenvalue weighted by molar-refractivity contribution is 0.00578. The number of ether oxygens (including phenoxy) is 2. The van der Waals surface area contributed by atoms with Crippen LogP contribution < -0.4 is 5.46 Å². The Morgan fingerprint density at radius 2 is 0.926 bits per heavy atom. The molecule has 2 N–H and O–H groups in total. The number of rotatable bonds is 12. The van der Waals surface area contributed by atoms with Gasteiger partial charge in [0.05, 0.1) is 47.1 Å². The molecule has 16 nitrogen and oxygen atoms in total. The number of nitrogens with one attached hydrogen (secondary N) is 2. The second-order valence-corrected chi connectivity index (χ2v) is 28.1. The standard InChI is InChI=1S/C34H40N4O3.C28H36BN3O4.C12H16BrNO.2H2S/c1-7-37(8-2)32(39)28-20-26(12-11-22(28)3)24-13-14-25-19-27(16-15-23(25)18-24)29-21-35-31(36-29)30-10-9-17-38(30)33(40)41-34(4,5)6;1-26(2,3)34-25(33)32-14-8-9-23(32)24-30-17-22(31-24)20-11-10-19-16-21(13-12-18(19)15-20)29-35-27(4,5)28(6,7)36-29;1-4-14(5-2)12(15)11-8-10(13)7-6-9(11)3;;/h11-16,18-21,30H,7-10,17H2,1-6H3,(H,35,36);10-13,15-17,23H,8-9,14H2,1-7H3,(H,30,31);6-8H,4-5H2,1-3H3;2*1H2/t30-;23-;;;/m00.../s1. The van der Waals surface area contributed by atoms with Crippen LogP contribution in [0.1, 0.15) is 178 Å². The fourth-order valence-corrected chi connectivity index (χ4v) is 12.2. The molecular formula is C74H96BBrN8O8S2. The first-order valence-corrected chi connectivity index (χ1v) is 33.3. The van der Waals surface area contributed by atoms with E-state index in [1.807, 2.05) is 136 Å². The van der Waals surface area contributed by atoms with Crippen molar-refractivity contribution in [1.82, 2.24) is 39.5 Å². The smallest absolute Gasteiger partial charge is 0.444 e. The third kappa shape index (κ3) is 17.3. The number of amides is 4. The van der Waals surface area contributed by atoms with E-state index in [0.717, 1.165) is 138 Å². The van der Waals surface area contributed by atoms with Crippen LogP contribution >= 0.6 is 42.9 Å². The highest BCUT2D eigenvalue weighted by molar-refractivity contribution is 9.10. The van der Waals surface area contributed by atoms with Gasteiger partial charge in [-0.2, -0.15) is 27.0 Å². The van der Waals surface area contributed by atoms with Crippen LogP contribution in [0.4, 0.5) is 9.59 Å². The number of halogens is 1. The van der Waals surface area contributed by atoms with Gasteiger partial charge in [0.25, 0.3) is 11.8 Å². The van der Waals surface area contributed by atoms with Crippen LogP contribution in [0, 0.1) is 13.8 Å². The fourth-order valence-electron chi connectivity index (χ4n) is 11.9. The number of aromatic amines is 2. The van der Waals surface area contributed by atoms with Gasteiger partial charge in [0.1, 0.15) is 22.9 Å². The molecule has 6 aromatic carbocycles. The molecule has 0 bridgehead atoms. The van der Waals surface area contributed by atoms with Crippen LogP contribution in [0.5, 0.6) is 0 Å². The van der Waals surface area contributed by atoms with Crippen molar-refractivity contribution in [2.45, 2.75) is 171 Å². The summed E-state index contributed by atoms with van der Waals surface area (Å²) in [7, 11) is -0.381. The molecule has 4 amide bonds. The monoisotopic (exact) mass is 1380 g/mol. The Labute approximate surface area is 578 Å². The van der Waals surface area contributed by atoms with Gasteiger partial charge in [-0.15, -0.1) is 0 Å². The van der Waals surface area contributed by atoms with E-state index >= 15 is 0 Å². The van der Waals surface area contributed by atoms with E-state index < -0.39 is 11.2 Å². The SMILES string of the molecule is CC(C)(C)OC(=O)N1CCC[C@H]1c1ncc(-c2ccc3cc(B4OC(C)(C)C(C)(C)O4)ccc3c2)[nH]1.CCN(CC)C(=O)c1cc(-c2ccc3cc(-c4cnc([C@@H]5CCCN5C(=O)OC(C)(C)C)[nH]4)ccc3c2)ccc1C.CCN(CC)C(=O)c1cc(Br)ccc1C.S.S. The lowest BCUT2D eigenvalue weighted by Gasteiger charge is -2.32. The van der Waals surface area contributed by atoms with Crippen LogP contribution in [-0.4, -0.2) is 132 Å². The van der Waals surface area contributed by atoms with Crippen LogP contribution in [0.25, 0.3) is 55.2 Å². The molecule has 0 unspecified atom stereocenters.